The van der Waals surface area contributed by atoms with E-state index in [1.54, 1.807) is 10.4 Å². The molecule has 0 unspecified atom stereocenters. The largest absolute Gasteiger partial charge is 0.355 e. The Labute approximate surface area is 180 Å². The van der Waals surface area contributed by atoms with Gasteiger partial charge in [0.05, 0.1) is 10.6 Å². The van der Waals surface area contributed by atoms with Crippen LogP contribution in [0.1, 0.15) is 45.1 Å². The van der Waals surface area contributed by atoms with E-state index in [0.29, 0.717) is 29.6 Å². The topological polar surface area (TPSA) is 66.4 Å². The third-order valence-corrected chi connectivity index (χ3v) is 8.64. The molecule has 2 aliphatic heterocycles. The molecule has 2 fully saturated rings. The Hall–Kier alpha value is -1.99. The molecule has 0 saturated carbocycles. The maximum atomic E-state index is 13.3. The number of hydrogen-bond donors (Lipinski definition) is 0. The molecular formula is C23H32N4O2S. The van der Waals surface area contributed by atoms with Crippen molar-refractivity contribution >= 4 is 15.8 Å². The molecule has 0 atom stereocenters. The second-order valence-corrected chi connectivity index (χ2v) is 10.9. The van der Waals surface area contributed by atoms with Gasteiger partial charge in [0.2, 0.25) is 10.0 Å². The molecule has 0 spiro atoms. The van der Waals surface area contributed by atoms with Crippen molar-refractivity contribution in [1.82, 2.24) is 14.5 Å². The summed E-state index contributed by atoms with van der Waals surface area (Å²) in [5.74, 6) is 2.25. The Morgan fingerprint density at radius 1 is 0.867 bits per heavy atom. The van der Waals surface area contributed by atoms with E-state index in [9.17, 15) is 8.42 Å². The predicted octanol–water partition coefficient (Wildman–Crippen LogP) is 4.11. The molecule has 4 rings (SSSR count). The van der Waals surface area contributed by atoms with Crippen LogP contribution in [0.4, 0.5) is 5.82 Å². The first kappa shape index (κ1) is 21.2. The number of anilines is 1. The van der Waals surface area contributed by atoms with E-state index in [0.717, 1.165) is 48.8 Å². The molecule has 6 nitrogen and oxygen atoms in total. The van der Waals surface area contributed by atoms with Crippen molar-refractivity contribution in [2.75, 3.05) is 31.1 Å². The van der Waals surface area contributed by atoms with Crippen LogP contribution in [-0.2, 0) is 10.0 Å². The minimum Gasteiger partial charge on any atom is -0.355 e. The maximum Gasteiger partial charge on any atom is 0.243 e. The van der Waals surface area contributed by atoms with Crippen molar-refractivity contribution in [3.8, 4) is 11.3 Å². The van der Waals surface area contributed by atoms with Crippen molar-refractivity contribution < 1.29 is 8.42 Å². The number of rotatable bonds is 4. The van der Waals surface area contributed by atoms with Gasteiger partial charge in [0.1, 0.15) is 0 Å². The average Bonchev–Trinajstić information content (AvgIpc) is 2.75. The van der Waals surface area contributed by atoms with Crippen LogP contribution in [0.5, 0.6) is 0 Å². The highest BCUT2D eigenvalue weighted by molar-refractivity contribution is 7.89. The van der Waals surface area contributed by atoms with Crippen molar-refractivity contribution in [2.45, 2.75) is 51.3 Å². The predicted molar refractivity (Wildman–Crippen MR) is 120 cm³/mol. The van der Waals surface area contributed by atoms with Crippen LogP contribution in [0, 0.1) is 18.8 Å². The van der Waals surface area contributed by atoms with Crippen LogP contribution < -0.4 is 4.90 Å². The second kappa shape index (κ2) is 8.63. The third kappa shape index (κ3) is 4.37. The molecule has 0 amide bonds. The zero-order chi connectivity index (χ0) is 21.3. The number of nitrogens with zero attached hydrogens (tertiary/aromatic N) is 4. The zero-order valence-corrected chi connectivity index (χ0v) is 19.0. The van der Waals surface area contributed by atoms with Gasteiger partial charge in [0.25, 0.3) is 0 Å². The molecule has 0 radical (unpaired) electrons. The normalized spacial score (nSPS) is 19.9. The standard InChI is InChI=1S/C23H32N4O2S/c1-17-8-12-26(13-9-17)23-7-6-21(24-25-23)20-5-4-19(3)22(16-20)30(28,29)27-14-10-18(2)11-15-27/h4-7,16-18H,8-15H2,1-3H3. The van der Waals surface area contributed by atoms with Crippen LogP contribution in [0.3, 0.4) is 0 Å². The Balaban J connectivity index is 1.57. The van der Waals surface area contributed by atoms with Gasteiger partial charge in [0.15, 0.2) is 5.82 Å². The van der Waals surface area contributed by atoms with E-state index in [2.05, 4.69) is 28.9 Å². The van der Waals surface area contributed by atoms with Gasteiger partial charge in [-0.15, -0.1) is 10.2 Å². The monoisotopic (exact) mass is 428 g/mol. The third-order valence-electron chi connectivity index (χ3n) is 6.60. The first-order valence-corrected chi connectivity index (χ1v) is 12.5. The summed E-state index contributed by atoms with van der Waals surface area (Å²) in [5, 5.41) is 8.85. The maximum absolute atomic E-state index is 13.3. The number of aromatic nitrogens is 2. The summed E-state index contributed by atoms with van der Waals surface area (Å²) >= 11 is 0. The van der Waals surface area contributed by atoms with Crippen molar-refractivity contribution in [3.63, 3.8) is 0 Å². The molecule has 1 aromatic heterocycles. The molecule has 0 aliphatic carbocycles. The minimum atomic E-state index is -3.50. The van der Waals surface area contributed by atoms with E-state index < -0.39 is 10.0 Å². The lowest BCUT2D eigenvalue weighted by Gasteiger charge is -2.30. The summed E-state index contributed by atoms with van der Waals surface area (Å²) in [6.07, 6.45) is 4.19. The Kier molecular flexibility index (Phi) is 6.11. The number of hydrogen-bond acceptors (Lipinski definition) is 5. The van der Waals surface area contributed by atoms with Crippen LogP contribution in [-0.4, -0.2) is 49.1 Å². The Bertz CT molecular complexity index is 975. The highest BCUT2D eigenvalue weighted by Gasteiger charge is 2.29. The van der Waals surface area contributed by atoms with Gasteiger partial charge >= 0.3 is 0 Å². The summed E-state index contributed by atoms with van der Waals surface area (Å²) in [4.78, 5) is 2.66. The number of sulfonamides is 1. The lowest BCUT2D eigenvalue weighted by Crippen LogP contribution is -2.38. The fourth-order valence-corrected chi connectivity index (χ4v) is 6.01. The quantitative estimate of drug-likeness (QED) is 0.733. The average molecular weight is 429 g/mol. The van der Waals surface area contributed by atoms with E-state index in [1.807, 2.05) is 31.2 Å². The van der Waals surface area contributed by atoms with Gasteiger partial charge in [-0.1, -0.05) is 26.0 Å². The van der Waals surface area contributed by atoms with Crippen LogP contribution in [0.15, 0.2) is 35.2 Å². The van der Waals surface area contributed by atoms with Crippen molar-refractivity contribution in [3.05, 3.63) is 35.9 Å². The Morgan fingerprint density at radius 2 is 1.50 bits per heavy atom. The molecule has 30 heavy (non-hydrogen) atoms. The van der Waals surface area contributed by atoms with Crippen molar-refractivity contribution in [1.29, 1.82) is 0 Å². The molecule has 1 aromatic carbocycles. The molecule has 2 aromatic rings. The van der Waals surface area contributed by atoms with Gasteiger partial charge in [-0.2, -0.15) is 4.31 Å². The molecule has 2 aliphatic rings. The number of piperidine rings is 2. The fourth-order valence-electron chi connectivity index (χ4n) is 4.29. The number of benzene rings is 1. The first-order chi connectivity index (χ1) is 14.3. The van der Waals surface area contributed by atoms with Crippen LogP contribution in [0.25, 0.3) is 11.3 Å². The summed E-state index contributed by atoms with van der Waals surface area (Å²) < 4.78 is 28.2. The van der Waals surface area contributed by atoms with Crippen molar-refractivity contribution in [2.24, 2.45) is 11.8 Å². The smallest absolute Gasteiger partial charge is 0.243 e. The molecule has 0 bridgehead atoms. The van der Waals surface area contributed by atoms with E-state index in [4.69, 9.17) is 0 Å². The molecule has 162 valence electrons. The van der Waals surface area contributed by atoms with E-state index >= 15 is 0 Å². The van der Waals surface area contributed by atoms with Gasteiger partial charge in [-0.3, -0.25) is 0 Å². The summed E-state index contributed by atoms with van der Waals surface area (Å²) in [6.45, 7) is 9.54. The zero-order valence-electron chi connectivity index (χ0n) is 18.2. The summed E-state index contributed by atoms with van der Waals surface area (Å²) in [7, 11) is -3.50. The lowest BCUT2D eigenvalue weighted by molar-refractivity contribution is 0.288. The molecule has 0 N–H and O–H groups in total. The van der Waals surface area contributed by atoms with Crippen LogP contribution in [0.2, 0.25) is 0 Å². The van der Waals surface area contributed by atoms with E-state index in [-0.39, 0.29) is 0 Å². The van der Waals surface area contributed by atoms with Gasteiger partial charge in [-0.05, 0) is 68.2 Å². The Morgan fingerprint density at radius 3 is 2.10 bits per heavy atom. The van der Waals surface area contributed by atoms with Gasteiger partial charge in [-0.25, -0.2) is 8.42 Å². The number of aryl methyl sites for hydroxylation is 1. The first-order valence-electron chi connectivity index (χ1n) is 11.0. The van der Waals surface area contributed by atoms with Crippen LogP contribution >= 0.6 is 0 Å². The minimum absolute atomic E-state index is 0.380. The summed E-state index contributed by atoms with van der Waals surface area (Å²) in [5.41, 5.74) is 2.26. The van der Waals surface area contributed by atoms with Gasteiger partial charge < -0.3 is 4.90 Å². The lowest BCUT2D eigenvalue weighted by atomic mass is 9.99. The van der Waals surface area contributed by atoms with Gasteiger partial charge in [0, 0.05) is 31.7 Å². The second-order valence-electron chi connectivity index (χ2n) is 9.01. The highest BCUT2D eigenvalue weighted by atomic mass is 32.2. The molecule has 2 saturated heterocycles. The van der Waals surface area contributed by atoms with E-state index in [1.165, 1.54) is 12.8 Å². The fraction of sp³-hybridized carbons (Fsp3) is 0.565. The SMILES string of the molecule is Cc1ccc(-c2ccc(N3CCC(C)CC3)nn2)cc1S(=O)(=O)N1CCC(C)CC1. The highest BCUT2D eigenvalue weighted by Crippen LogP contribution is 2.29. The molecule has 7 heteroatoms. The molecule has 3 heterocycles. The summed E-state index contributed by atoms with van der Waals surface area (Å²) in [6, 6.07) is 9.51. The molecular weight excluding hydrogens is 396 g/mol.